The van der Waals surface area contributed by atoms with E-state index in [1.54, 1.807) is 6.20 Å². The lowest BCUT2D eigenvalue weighted by Gasteiger charge is -2.10. The minimum Gasteiger partial charge on any atom is -0.340 e. The monoisotopic (exact) mass is 282 g/mol. The average Bonchev–Trinajstić information content (AvgIpc) is 3.27. The molecule has 0 radical (unpaired) electrons. The second-order valence-corrected chi connectivity index (χ2v) is 5.24. The van der Waals surface area contributed by atoms with Crippen molar-refractivity contribution in [2.24, 2.45) is 0 Å². The Hall–Kier alpha value is -2.56. The molecule has 3 rings (SSSR count). The number of nitrogens with zero attached hydrogens (tertiary/aromatic N) is 1. The zero-order valence-electron chi connectivity index (χ0n) is 11.9. The van der Waals surface area contributed by atoms with E-state index in [1.807, 2.05) is 43.3 Å². The summed E-state index contributed by atoms with van der Waals surface area (Å²) >= 11 is 0. The van der Waals surface area contributed by atoms with Gasteiger partial charge in [-0.05, 0) is 43.5 Å². The third-order valence-electron chi connectivity index (χ3n) is 3.34. The van der Waals surface area contributed by atoms with E-state index in [1.165, 1.54) is 0 Å². The summed E-state index contributed by atoms with van der Waals surface area (Å²) in [6.45, 7) is 2.04. The Kier molecular flexibility index (Phi) is 3.73. The molecule has 1 aliphatic rings. The van der Waals surface area contributed by atoms with Crippen molar-refractivity contribution in [1.29, 1.82) is 0 Å². The maximum atomic E-state index is 11.6. The number of amides is 2. The summed E-state index contributed by atoms with van der Waals surface area (Å²) in [4.78, 5) is 15.9. The highest BCUT2D eigenvalue weighted by molar-refractivity contribution is 5.89. The van der Waals surface area contributed by atoms with Gasteiger partial charge < -0.3 is 16.0 Å². The molecular formula is C16H18N4O. The van der Waals surface area contributed by atoms with Crippen LogP contribution in [-0.4, -0.2) is 17.1 Å². The largest absolute Gasteiger partial charge is 0.340 e. The van der Waals surface area contributed by atoms with Crippen LogP contribution >= 0.6 is 0 Å². The molecule has 2 aromatic rings. The van der Waals surface area contributed by atoms with E-state index in [0.29, 0.717) is 11.7 Å². The van der Waals surface area contributed by atoms with E-state index < -0.39 is 0 Å². The van der Waals surface area contributed by atoms with Gasteiger partial charge in [-0.15, -0.1) is 0 Å². The minimum atomic E-state index is -0.168. The zero-order chi connectivity index (χ0) is 14.7. The Morgan fingerprint density at radius 2 is 2.00 bits per heavy atom. The van der Waals surface area contributed by atoms with E-state index in [0.717, 1.165) is 29.9 Å². The van der Waals surface area contributed by atoms with Crippen molar-refractivity contribution in [2.75, 3.05) is 10.6 Å². The summed E-state index contributed by atoms with van der Waals surface area (Å²) in [5.74, 6) is 0.748. The molecule has 1 aromatic heterocycles. The van der Waals surface area contributed by atoms with Gasteiger partial charge in [0.05, 0.1) is 11.9 Å². The number of pyridine rings is 1. The van der Waals surface area contributed by atoms with Crippen LogP contribution in [0.3, 0.4) is 0 Å². The molecular weight excluding hydrogens is 264 g/mol. The Morgan fingerprint density at radius 1 is 1.19 bits per heavy atom. The van der Waals surface area contributed by atoms with Gasteiger partial charge >= 0.3 is 6.03 Å². The Balaban J connectivity index is 1.61. The number of aryl methyl sites for hydroxylation is 1. The van der Waals surface area contributed by atoms with Gasteiger partial charge in [-0.3, -0.25) is 0 Å². The van der Waals surface area contributed by atoms with Gasteiger partial charge in [0.1, 0.15) is 5.82 Å². The summed E-state index contributed by atoms with van der Waals surface area (Å²) in [7, 11) is 0. The Morgan fingerprint density at radius 3 is 2.67 bits per heavy atom. The Bertz CT molecular complexity index is 635. The van der Waals surface area contributed by atoms with Gasteiger partial charge in [0.15, 0.2) is 0 Å². The van der Waals surface area contributed by atoms with Crippen molar-refractivity contribution < 1.29 is 4.79 Å². The van der Waals surface area contributed by atoms with Crippen LogP contribution in [0.15, 0.2) is 42.6 Å². The van der Waals surface area contributed by atoms with Crippen molar-refractivity contribution in [2.45, 2.75) is 25.8 Å². The first-order valence-corrected chi connectivity index (χ1v) is 7.07. The molecule has 1 aromatic carbocycles. The van der Waals surface area contributed by atoms with Crippen molar-refractivity contribution in [3.63, 3.8) is 0 Å². The summed E-state index contributed by atoms with van der Waals surface area (Å²) in [6, 6.07) is 11.9. The predicted molar refractivity (Wildman–Crippen MR) is 83.9 cm³/mol. The number of aromatic nitrogens is 1. The molecule has 1 aliphatic carbocycles. The molecule has 5 heteroatoms. The number of carbonyl (C=O) groups excluding carboxylic acids is 1. The van der Waals surface area contributed by atoms with Crippen molar-refractivity contribution in [3.05, 3.63) is 48.2 Å². The zero-order valence-corrected chi connectivity index (χ0v) is 11.9. The molecule has 2 amide bonds. The van der Waals surface area contributed by atoms with Crippen molar-refractivity contribution in [1.82, 2.24) is 10.3 Å². The van der Waals surface area contributed by atoms with E-state index in [4.69, 9.17) is 0 Å². The van der Waals surface area contributed by atoms with Gasteiger partial charge in [0.25, 0.3) is 0 Å². The summed E-state index contributed by atoms with van der Waals surface area (Å²) in [5, 5.41) is 8.90. The van der Waals surface area contributed by atoms with Crippen LogP contribution in [0.25, 0.3) is 0 Å². The number of urea groups is 1. The van der Waals surface area contributed by atoms with Gasteiger partial charge in [-0.2, -0.15) is 0 Å². The SMILES string of the molecule is Cc1ccccc1Nc1ccc(NC(=O)NC2CC2)cn1. The highest BCUT2D eigenvalue weighted by atomic mass is 16.2. The standard InChI is InChI=1S/C16H18N4O/c1-11-4-2-3-5-14(11)20-15-9-8-13(10-17-15)19-16(21)18-12-6-7-12/h2-5,8-10,12H,6-7H2,1H3,(H,17,20)(H2,18,19,21). The summed E-state index contributed by atoms with van der Waals surface area (Å²) in [6.07, 6.45) is 3.79. The molecule has 0 unspecified atom stereocenters. The van der Waals surface area contributed by atoms with Gasteiger partial charge in [-0.1, -0.05) is 18.2 Å². The number of para-hydroxylation sites is 1. The second-order valence-electron chi connectivity index (χ2n) is 5.24. The van der Waals surface area contributed by atoms with Crippen molar-refractivity contribution in [3.8, 4) is 0 Å². The molecule has 0 bridgehead atoms. The van der Waals surface area contributed by atoms with E-state index in [2.05, 4.69) is 20.9 Å². The summed E-state index contributed by atoms with van der Waals surface area (Å²) < 4.78 is 0. The molecule has 5 nitrogen and oxygen atoms in total. The number of carbonyl (C=O) groups is 1. The molecule has 1 fully saturated rings. The average molecular weight is 282 g/mol. The van der Waals surface area contributed by atoms with Crippen LogP contribution in [0.2, 0.25) is 0 Å². The molecule has 1 saturated carbocycles. The first-order chi connectivity index (χ1) is 10.2. The number of anilines is 3. The van der Waals surface area contributed by atoms with Crippen molar-refractivity contribution >= 4 is 23.2 Å². The predicted octanol–water partition coefficient (Wildman–Crippen LogP) is 3.42. The molecule has 3 N–H and O–H groups in total. The number of hydrogen-bond donors (Lipinski definition) is 3. The third kappa shape index (κ3) is 3.72. The first-order valence-electron chi connectivity index (χ1n) is 7.07. The maximum absolute atomic E-state index is 11.6. The minimum absolute atomic E-state index is 0.168. The molecule has 108 valence electrons. The molecule has 1 heterocycles. The maximum Gasteiger partial charge on any atom is 0.319 e. The first kappa shape index (κ1) is 13.4. The molecule has 0 saturated heterocycles. The lowest BCUT2D eigenvalue weighted by atomic mass is 10.2. The Labute approximate surface area is 123 Å². The third-order valence-corrected chi connectivity index (χ3v) is 3.34. The van der Waals surface area contributed by atoms with Crippen LogP contribution in [0.5, 0.6) is 0 Å². The van der Waals surface area contributed by atoms with Gasteiger partial charge in [-0.25, -0.2) is 9.78 Å². The number of hydrogen-bond acceptors (Lipinski definition) is 3. The van der Waals surface area contributed by atoms with E-state index >= 15 is 0 Å². The van der Waals surface area contributed by atoms with Crippen LogP contribution in [-0.2, 0) is 0 Å². The smallest absolute Gasteiger partial charge is 0.319 e. The number of rotatable bonds is 4. The fourth-order valence-electron chi connectivity index (χ4n) is 1.97. The van der Waals surface area contributed by atoms with E-state index in [9.17, 15) is 4.79 Å². The number of nitrogens with one attached hydrogen (secondary N) is 3. The second kappa shape index (κ2) is 5.83. The fourth-order valence-corrected chi connectivity index (χ4v) is 1.97. The highest BCUT2D eigenvalue weighted by Gasteiger charge is 2.23. The molecule has 21 heavy (non-hydrogen) atoms. The molecule has 0 aliphatic heterocycles. The van der Waals surface area contributed by atoms with Gasteiger partial charge in [0, 0.05) is 11.7 Å². The molecule has 0 atom stereocenters. The van der Waals surface area contributed by atoms with E-state index in [-0.39, 0.29) is 6.03 Å². The normalized spacial score (nSPS) is 13.6. The topological polar surface area (TPSA) is 66.0 Å². The van der Waals surface area contributed by atoms with Crippen LogP contribution in [0.4, 0.5) is 22.0 Å². The van der Waals surface area contributed by atoms with Gasteiger partial charge in [0.2, 0.25) is 0 Å². The summed E-state index contributed by atoms with van der Waals surface area (Å²) in [5.41, 5.74) is 2.87. The number of benzene rings is 1. The van der Waals surface area contributed by atoms with Crippen LogP contribution < -0.4 is 16.0 Å². The molecule has 0 spiro atoms. The quantitative estimate of drug-likeness (QED) is 0.805. The van der Waals surface area contributed by atoms with Crippen LogP contribution in [0.1, 0.15) is 18.4 Å². The lowest BCUT2D eigenvalue weighted by Crippen LogP contribution is -2.30. The fraction of sp³-hybridized carbons (Fsp3) is 0.250. The highest BCUT2D eigenvalue weighted by Crippen LogP contribution is 2.20. The van der Waals surface area contributed by atoms with Crippen LogP contribution in [0, 0.1) is 6.92 Å². The lowest BCUT2D eigenvalue weighted by molar-refractivity contribution is 0.251.